The smallest absolute Gasteiger partial charge is 0.278 e. The number of carbonyl (C=O) groups excluding carboxylic acids is 1. The molecule has 5 nitrogen and oxygen atoms in total. The van der Waals surface area contributed by atoms with E-state index in [1.165, 1.54) is 5.57 Å². The van der Waals surface area contributed by atoms with Crippen molar-refractivity contribution in [2.75, 3.05) is 11.7 Å². The van der Waals surface area contributed by atoms with Crippen LogP contribution in [0, 0.1) is 6.92 Å². The number of hydrogen-bond donors (Lipinski definition) is 0. The molecule has 2 aromatic carbocycles. The van der Waals surface area contributed by atoms with Crippen LogP contribution in [-0.2, 0) is 4.79 Å². The summed E-state index contributed by atoms with van der Waals surface area (Å²) in [4.78, 5) is 20.0. The number of benzene rings is 2. The number of allylic oxidation sites excluding steroid dienone is 1. The molecule has 0 bridgehead atoms. The van der Waals surface area contributed by atoms with Crippen molar-refractivity contribution in [2.45, 2.75) is 33.2 Å². The Morgan fingerprint density at radius 2 is 1.78 bits per heavy atom. The molecule has 3 aliphatic rings. The first-order chi connectivity index (χ1) is 12.8. The molecule has 0 N–H and O–H groups in total. The maximum atomic E-state index is 13.4. The first-order valence-electron chi connectivity index (χ1n) is 9.03. The lowest BCUT2D eigenvalue weighted by Crippen LogP contribution is -2.47. The molecule has 3 aliphatic heterocycles. The fourth-order valence-electron chi connectivity index (χ4n) is 4.24. The second kappa shape index (κ2) is 5.22. The van der Waals surface area contributed by atoms with Crippen LogP contribution in [0.2, 0.25) is 0 Å². The Kier molecular flexibility index (Phi) is 3.12. The van der Waals surface area contributed by atoms with Gasteiger partial charge in [0.25, 0.3) is 5.91 Å². The van der Waals surface area contributed by atoms with Crippen LogP contribution in [0.25, 0.3) is 5.57 Å². The molecule has 0 unspecified atom stereocenters. The molecule has 27 heavy (non-hydrogen) atoms. The molecule has 5 heteroatoms. The Morgan fingerprint density at radius 3 is 2.59 bits per heavy atom. The fourth-order valence-corrected chi connectivity index (χ4v) is 4.24. The fraction of sp³-hybridized carbons (Fsp3) is 0.273. The number of amides is 1. The van der Waals surface area contributed by atoms with Crippen molar-refractivity contribution >= 4 is 28.6 Å². The number of nitrogens with zero attached hydrogens (tertiary/aromatic N) is 2. The van der Waals surface area contributed by atoms with Gasteiger partial charge in [-0.3, -0.25) is 9.69 Å². The Hall–Kier alpha value is -3.08. The van der Waals surface area contributed by atoms with Crippen LogP contribution in [0.1, 0.15) is 37.5 Å². The Balaban J connectivity index is 1.72. The molecule has 0 radical (unpaired) electrons. The molecular formula is C22H20N2O3. The zero-order valence-corrected chi connectivity index (χ0v) is 15.8. The maximum absolute atomic E-state index is 13.4. The summed E-state index contributed by atoms with van der Waals surface area (Å²) in [7, 11) is 0. The van der Waals surface area contributed by atoms with Crippen molar-refractivity contribution in [3.05, 3.63) is 53.1 Å². The average Bonchev–Trinajstić information content (AvgIpc) is 3.16. The van der Waals surface area contributed by atoms with E-state index >= 15 is 0 Å². The molecule has 3 heterocycles. The van der Waals surface area contributed by atoms with Crippen molar-refractivity contribution < 1.29 is 14.3 Å². The molecule has 2 aromatic rings. The van der Waals surface area contributed by atoms with E-state index in [1.54, 1.807) is 0 Å². The summed E-state index contributed by atoms with van der Waals surface area (Å²) in [5.41, 5.74) is 6.03. The molecule has 0 atom stereocenters. The Morgan fingerprint density at radius 1 is 1.04 bits per heavy atom. The SMILES string of the molecule is CC1=CC(C)(C)N2C(=O)C(=Nc3ccc4c(c3)OCO4)c3cc(C)cc1c32. The first kappa shape index (κ1) is 16.1. The van der Waals surface area contributed by atoms with E-state index in [0.29, 0.717) is 22.9 Å². The van der Waals surface area contributed by atoms with Gasteiger partial charge >= 0.3 is 0 Å². The highest BCUT2D eigenvalue weighted by Crippen LogP contribution is 2.46. The minimum atomic E-state index is -0.398. The van der Waals surface area contributed by atoms with Crippen LogP contribution >= 0.6 is 0 Å². The topological polar surface area (TPSA) is 51.1 Å². The predicted octanol–water partition coefficient (Wildman–Crippen LogP) is 4.39. The quantitative estimate of drug-likeness (QED) is 0.758. The van der Waals surface area contributed by atoms with Gasteiger partial charge in [-0.25, -0.2) is 4.99 Å². The highest BCUT2D eigenvalue weighted by atomic mass is 16.7. The van der Waals surface area contributed by atoms with Crippen LogP contribution in [0.15, 0.2) is 41.4 Å². The first-order valence-corrected chi connectivity index (χ1v) is 9.03. The van der Waals surface area contributed by atoms with Gasteiger partial charge in [0, 0.05) is 17.2 Å². The lowest BCUT2D eigenvalue weighted by molar-refractivity contribution is -0.112. The number of rotatable bonds is 1. The van der Waals surface area contributed by atoms with Crippen molar-refractivity contribution in [3.8, 4) is 11.5 Å². The van der Waals surface area contributed by atoms with Crippen LogP contribution in [0.5, 0.6) is 11.5 Å². The Bertz CT molecular complexity index is 1080. The van der Waals surface area contributed by atoms with E-state index in [9.17, 15) is 4.79 Å². The lowest BCUT2D eigenvalue weighted by atomic mass is 9.88. The van der Waals surface area contributed by atoms with Crippen molar-refractivity contribution in [1.29, 1.82) is 0 Å². The minimum absolute atomic E-state index is 0.0664. The van der Waals surface area contributed by atoms with E-state index in [-0.39, 0.29) is 12.7 Å². The van der Waals surface area contributed by atoms with Crippen LogP contribution in [0.3, 0.4) is 0 Å². The van der Waals surface area contributed by atoms with Crippen molar-refractivity contribution in [2.24, 2.45) is 4.99 Å². The third kappa shape index (κ3) is 2.24. The third-order valence-corrected chi connectivity index (χ3v) is 5.31. The second-order valence-corrected chi connectivity index (χ2v) is 7.83. The number of hydrogen-bond acceptors (Lipinski definition) is 4. The van der Waals surface area contributed by atoms with Gasteiger partial charge in [0.1, 0.15) is 5.71 Å². The molecule has 1 amide bonds. The number of fused-ring (bicyclic) bond motifs is 1. The molecule has 0 spiro atoms. The maximum Gasteiger partial charge on any atom is 0.278 e. The van der Waals surface area contributed by atoms with Gasteiger partial charge in [0.2, 0.25) is 6.79 Å². The number of anilines is 1. The van der Waals surface area contributed by atoms with Gasteiger partial charge in [0.15, 0.2) is 11.5 Å². The largest absolute Gasteiger partial charge is 0.454 e. The zero-order valence-electron chi connectivity index (χ0n) is 15.8. The molecule has 0 aromatic heterocycles. The van der Waals surface area contributed by atoms with Crippen LogP contribution in [-0.4, -0.2) is 24.0 Å². The number of aryl methyl sites for hydroxylation is 1. The van der Waals surface area contributed by atoms with E-state index in [1.807, 2.05) is 23.1 Å². The van der Waals surface area contributed by atoms with Gasteiger partial charge < -0.3 is 9.47 Å². The standard InChI is InChI=1S/C22H20N2O3/c1-12-7-15-13(2)10-22(3,4)24-20(15)16(8-12)19(21(24)25)23-14-5-6-17-18(9-14)27-11-26-17/h5-10H,11H2,1-4H3. The number of aliphatic imine (C=N–C) groups is 1. The Labute approximate surface area is 157 Å². The highest BCUT2D eigenvalue weighted by molar-refractivity contribution is 6.55. The lowest BCUT2D eigenvalue weighted by Gasteiger charge is -2.38. The molecule has 0 saturated carbocycles. The molecule has 5 rings (SSSR count). The van der Waals surface area contributed by atoms with Gasteiger partial charge in [-0.05, 0) is 63.1 Å². The van der Waals surface area contributed by atoms with E-state index in [0.717, 1.165) is 22.4 Å². The van der Waals surface area contributed by atoms with E-state index in [2.05, 4.69) is 45.9 Å². The third-order valence-electron chi connectivity index (χ3n) is 5.31. The van der Waals surface area contributed by atoms with Gasteiger partial charge in [0.05, 0.1) is 16.9 Å². The summed E-state index contributed by atoms with van der Waals surface area (Å²) in [5, 5.41) is 0. The molecule has 0 fully saturated rings. The van der Waals surface area contributed by atoms with Gasteiger partial charge in [-0.15, -0.1) is 0 Å². The molecule has 0 aliphatic carbocycles. The zero-order chi connectivity index (χ0) is 18.9. The van der Waals surface area contributed by atoms with Crippen molar-refractivity contribution in [3.63, 3.8) is 0 Å². The van der Waals surface area contributed by atoms with Crippen LogP contribution in [0.4, 0.5) is 11.4 Å². The summed E-state index contributed by atoms with van der Waals surface area (Å²) in [6.45, 7) is 8.49. The summed E-state index contributed by atoms with van der Waals surface area (Å²) < 4.78 is 10.8. The minimum Gasteiger partial charge on any atom is -0.454 e. The predicted molar refractivity (Wildman–Crippen MR) is 105 cm³/mol. The second-order valence-electron chi connectivity index (χ2n) is 7.83. The van der Waals surface area contributed by atoms with Crippen molar-refractivity contribution in [1.82, 2.24) is 0 Å². The number of carbonyl (C=O) groups is 1. The summed E-state index contributed by atoms with van der Waals surface area (Å²) in [6, 6.07) is 9.69. The molecular weight excluding hydrogens is 340 g/mol. The molecule has 0 saturated heterocycles. The number of ether oxygens (including phenoxy) is 2. The van der Waals surface area contributed by atoms with Gasteiger partial charge in [-0.2, -0.15) is 0 Å². The van der Waals surface area contributed by atoms with E-state index < -0.39 is 5.54 Å². The monoisotopic (exact) mass is 360 g/mol. The summed E-state index contributed by atoms with van der Waals surface area (Å²) >= 11 is 0. The highest BCUT2D eigenvalue weighted by Gasteiger charge is 2.45. The normalized spacial score (nSPS) is 20.1. The molecule has 136 valence electrons. The van der Waals surface area contributed by atoms with E-state index in [4.69, 9.17) is 14.5 Å². The summed E-state index contributed by atoms with van der Waals surface area (Å²) in [6.07, 6.45) is 2.15. The van der Waals surface area contributed by atoms with Gasteiger partial charge in [-0.1, -0.05) is 6.08 Å². The van der Waals surface area contributed by atoms with Crippen LogP contribution < -0.4 is 14.4 Å². The average molecular weight is 360 g/mol. The summed E-state index contributed by atoms with van der Waals surface area (Å²) in [5.74, 6) is 1.30.